The third-order valence-electron chi connectivity index (χ3n) is 5.70. The summed E-state index contributed by atoms with van der Waals surface area (Å²) in [5.41, 5.74) is 1.22. The van der Waals surface area contributed by atoms with Crippen LogP contribution >= 0.6 is 24.0 Å². The molecule has 2 N–H and O–H groups in total. The fourth-order valence-electron chi connectivity index (χ4n) is 3.54. The van der Waals surface area contributed by atoms with E-state index in [1.165, 1.54) is 12.7 Å². The summed E-state index contributed by atoms with van der Waals surface area (Å²) >= 11 is 0. The van der Waals surface area contributed by atoms with Crippen molar-refractivity contribution < 1.29 is 14.3 Å². The number of hydrogen-bond acceptors (Lipinski definition) is 6. The minimum Gasteiger partial charge on any atom is -0.497 e. The molecule has 1 amide bonds. The SMILES string of the molecule is COC(=O)N1CCC(NC(=NCc2nnc(C)n2C)NCCc2ccc(OC)cc2)CC1.I. The van der Waals surface area contributed by atoms with Gasteiger partial charge in [0.1, 0.15) is 18.1 Å². The fraction of sp³-hybridized carbons (Fsp3) is 0.545. The third kappa shape index (κ3) is 7.76. The molecule has 0 unspecified atom stereocenters. The Morgan fingerprint density at radius 2 is 1.88 bits per heavy atom. The maximum Gasteiger partial charge on any atom is 0.409 e. The zero-order chi connectivity index (χ0) is 22.9. The molecule has 10 nitrogen and oxygen atoms in total. The van der Waals surface area contributed by atoms with Gasteiger partial charge in [0, 0.05) is 32.7 Å². The van der Waals surface area contributed by atoms with Gasteiger partial charge in [0.25, 0.3) is 0 Å². The summed E-state index contributed by atoms with van der Waals surface area (Å²) in [5, 5.41) is 15.2. The number of aryl methyl sites for hydroxylation is 1. The van der Waals surface area contributed by atoms with Gasteiger partial charge in [-0.1, -0.05) is 12.1 Å². The van der Waals surface area contributed by atoms with Gasteiger partial charge in [-0.2, -0.15) is 0 Å². The molecule has 0 radical (unpaired) electrons. The number of methoxy groups -OCH3 is 2. The molecule has 0 spiro atoms. The van der Waals surface area contributed by atoms with Crippen molar-refractivity contribution in [3.05, 3.63) is 41.5 Å². The number of nitrogens with one attached hydrogen (secondary N) is 2. The number of carbonyl (C=O) groups excluding carboxylic acids is 1. The van der Waals surface area contributed by atoms with Crippen molar-refractivity contribution in [1.82, 2.24) is 30.3 Å². The van der Waals surface area contributed by atoms with Crippen molar-refractivity contribution in [2.75, 3.05) is 33.9 Å². The molecule has 1 aromatic heterocycles. The van der Waals surface area contributed by atoms with Gasteiger partial charge >= 0.3 is 6.09 Å². The van der Waals surface area contributed by atoms with Crippen LogP contribution < -0.4 is 15.4 Å². The molecule has 0 aliphatic carbocycles. The lowest BCUT2D eigenvalue weighted by Crippen LogP contribution is -2.50. The van der Waals surface area contributed by atoms with Gasteiger partial charge in [0.15, 0.2) is 11.8 Å². The Hall–Kier alpha value is -2.57. The van der Waals surface area contributed by atoms with Crippen LogP contribution in [0.3, 0.4) is 0 Å². The lowest BCUT2D eigenvalue weighted by atomic mass is 10.1. The number of aromatic nitrogens is 3. The monoisotopic (exact) mass is 571 g/mol. The van der Waals surface area contributed by atoms with Crippen molar-refractivity contribution in [2.45, 2.75) is 38.8 Å². The lowest BCUT2D eigenvalue weighted by Gasteiger charge is -2.32. The number of ether oxygens (including phenoxy) is 2. The van der Waals surface area contributed by atoms with Crippen molar-refractivity contribution in [2.24, 2.45) is 12.0 Å². The second-order valence-electron chi connectivity index (χ2n) is 7.79. The topological polar surface area (TPSA) is 106 Å². The molecule has 2 aromatic rings. The van der Waals surface area contributed by atoms with E-state index in [0.29, 0.717) is 19.6 Å². The van der Waals surface area contributed by atoms with E-state index in [4.69, 9.17) is 14.5 Å². The van der Waals surface area contributed by atoms with Gasteiger partial charge < -0.3 is 29.6 Å². The number of piperidine rings is 1. The highest BCUT2D eigenvalue weighted by atomic mass is 127. The highest BCUT2D eigenvalue weighted by molar-refractivity contribution is 14.0. The number of aliphatic imine (C=N–C) groups is 1. The fourth-order valence-corrected chi connectivity index (χ4v) is 3.54. The first-order valence-electron chi connectivity index (χ1n) is 10.9. The highest BCUT2D eigenvalue weighted by Gasteiger charge is 2.23. The van der Waals surface area contributed by atoms with Crippen molar-refractivity contribution in [1.29, 1.82) is 0 Å². The summed E-state index contributed by atoms with van der Waals surface area (Å²) in [4.78, 5) is 18.2. The summed E-state index contributed by atoms with van der Waals surface area (Å²) < 4.78 is 12.0. The Labute approximate surface area is 212 Å². The summed E-state index contributed by atoms with van der Waals surface area (Å²) in [5.74, 6) is 3.24. The van der Waals surface area contributed by atoms with E-state index in [9.17, 15) is 4.79 Å². The number of amides is 1. The lowest BCUT2D eigenvalue weighted by molar-refractivity contribution is 0.111. The van der Waals surface area contributed by atoms with Crippen LogP contribution in [0.25, 0.3) is 0 Å². The predicted molar refractivity (Wildman–Crippen MR) is 137 cm³/mol. The maximum atomic E-state index is 11.7. The van der Waals surface area contributed by atoms with E-state index >= 15 is 0 Å². The van der Waals surface area contributed by atoms with E-state index in [2.05, 4.69) is 33.0 Å². The molecule has 0 atom stereocenters. The molecular weight excluding hydrogens is 537 g/mol. The summed E-state index contributed by atoms with van der Waals surface area (Å²) in [6.07, 6.45) is 2.25. The predicted octanol–water partition coefficient (Wildman–Crippen LogP) is 2.26. The van der Waals surface area contributed by atoms with Crippen LogP contribution in [0.2, 0.25) is 0 Å². The number of likely N-dealkylation sites (tertiary alicyclic amines) is 1. The van der Waals surface area contributed by atoms with Gasteiger partial charge in [0.2, 0.25) is 0 Å². The largest absolute Gasteiger partial charge is 0.497 e. The Bertz CT molecular complexity index is 909. The van der Waals surface area contributed by atoms with Gasteiger partial charge in [-0.3, -0.25) is 0 Å². The maximum absolute atomic E-state index is 11.7. The number of guanidine groups is 1. The average Bonchev–Trinajstić information content (AvgIpc) is 3.15. The smallest absolute Gasteiger partial charge is 0.409 e. The molecule has 33 heavy (non-hydrogen) atoms. The van der Waals surface area contributed by atoms with Gasteiger partial charge in [-0.15, -0.1) is 34.2 Å². The molecule has 1 fully saturated rings. The zero-order valence-electron chi connectivity index (χ0n) is 19.7. The van der Waals surface area contributed by atoms with Crippen molar-refractivity contribution in [3.8, 4) is 5.75 Å². The Balaban J connectivity index is 0.00000385. The second kappa shape index (κ2) is 13.2. The van der Waals surface area contributed by atoms with Crippen LogP contribution in [0.1, 0.15) is 30.1 Å². The van der Waals surface area contributed by atoms with Crippen LogP contribution in [-0.2, 0) is 24.8 Å². The molecule has 1 aliphatic rings. The van der Waals surface area contributed by atoms with E-state index < -0.39 is 0 Å². The number of carbonyl (C=O) groups is 1. The van der Waals surface area contributed by atoms with E-state index in [1.54, 1.807) is 12.0 Å². The minimum absolute atomic E-state index is 0. The van der Waals surface area contributed by atoms with E-state index in [-0.39, 0.29) is 36.1 Å². The number of rotatable bonds is 7. The van der Waals surface area contributed by atoms with Gasteiger partial charge in [-0.05, 0) is 43.9 Å². The summed E-state index contributed by atoms with van der Waals surface area (Å²) in [6, 6.07) is 8.29. The number of nitrogens with zero attached hydrogens (tertiary/aromatic N) is 5. The number of halogens is 1. The second-order valence-corrected chi connectivity index (χ2v) is 7.79. The third-order valence-corrected chi connectivity index (χ3v) is 5.70. The van der Waals surface area contributed by atoms with Crippen molar-refractivity contribution in [3.63, 3.8) is 0 Å². The molecule has 1 saturated heterocycles. The van der Waals surface area contributed by atoms with E-state index in [0.717, 1.165) is 49.2 Å². The number of benzene rings is 1. The molecule has 0 saturated carbocycles. The van der Waals surface area contributed by atoms with Crippen LogP contribution in [-0.4, -0.2) is 71.6 Å². The van der Waals surface area contributed by atoms with Gasteiger partial charge in [-0.25, -0.2) is 9.79 Å². The van der Waals surface area contributed by atoms with Crippen LogP contribution in [0.15, 0.2) is 29.3 Å². The quantitative estimate of drug-likeness (QED) is 0.299. The molecule has 1 aliphatic heterocycles. The molecule has 11 heteroatoms. The molecule has 3 rings (SSSR count). The minimum atomic E-state index is -0.271. The van der Waals surface area contributed by atoms with Crippen LogP contribution in [0.4, 0.5) is 4.79 Å². The molecule has 2 heterocycles. The Morgan fingerprint density at radius 1 is 1.18 bits per heavy atom. The van der Waals surface area contributed by atoms with Crippen molar-refractivity contribution >= 4 is 36.0 Å². The normalized spacial score (nSPS) is 14.4. The standard InChI is InChI=1S/C22H33N7O3.HI/c1-16-26-27-20(28(16)2)15-24-21(23-12-9-17-5-7-19(31-3)8-6-17)25-18-10-13-29(14-11-18)22(30)32-4;/h5-8,18H,9-15H2,1-4H3,(H2,23,24,25);1H. The average molecular weight is 571 g/mol. The first-order valence-corrected chi connectivity index (χ1v) is 10.9. The molecule has 0 bridgehead atoms. The summed E-state index contributed by atoms with van der Waals surface area (Å²) in [6.45, 7) is 4.40. The Morgan fingerprint density at radius 3 is 2.45 bits per heavy atom. The zero-order valence-corrected chi connectivity index (χ0v) is 22.0. The molecule has 1 aromatic carbocycles. The molecule has 182 valence electrons. The van der Waals surface area contributed by atoms with Gasteiger partial charge in [0.05, 0.1) is 14.2 Å². The summed E-state index contributed by atoms with van der Waals surface area (Å²) in [7, 11) is 5.02. The van der Waals surface area contributed by atoms with Crippen LogP contribution in [0, 0.1) is 6.92 Å². The molecular formula is C22H34IN7O3. The number of hydrogen-bond donors (Lipinski definition) is 2. The van der Waals surface area contributed by atoms with Crippen LogP contribution in [0.5, 0.6) is 5.75 Å². The first kappa shape index (κ1) is 26.7. The van der Waals surface area contributed by atoms with E-state index in [1.807, 2.05) is 30.7 Å². The Kier molecular flexibility index (Phi) is 10.7. The highest BCUT2D eigenvalue weighted by Crippen LogP contribution is 2.12. The first-order chi connectivity index (χ1) is 15.5.